The summed E-state index contributed by atoms with van der Waals surface area (Å²) in [6, 6.07) is 8.80. The third-order valence-electron chi connectivity index (χ3n) is 2.92. The van der Waals surface area contributed by atoms with Crippen LogP contribution in [0.2, 0.25) is 15.1 Å². The van der Waals surface area contributed by atoms with Crippen LogP contribution in [0.5, 0.6) is 5.75 Å². The van der Waals surface area contributed by atoms with Crippen LogP contribution in [0.1, 0.15) is 18.6 Å². The minimum atomic E-state index is -0.694. The average Bonchev–Trinajstić information content (AvgIpc) is 2.42. The lowest BCUT2D eigenvalue weighted by atomic mass is 10.0. The summed E-state index contributed by atoms with van der Waals surface area (Å²) in [4.78, 5) is 0. The van der Waals surface area contributed by atoms with E-state index in [0.717, 1.165) is 0 Å². The SMILES string of the molecule is CC(N)C(Oc1cc(Cl)c(Cl)cc1Cl)c1ccccc1F. The molecule has 0 radical (unpaired) electrons. The summed E-state index contributed by atoms with van der Waals surface area (Å²) >= 11 is 17.9. The smallest absolute Gasteiger partial charge is 0.141 e. The topological polar surface area (TPSA) is 35.2 Å². The molecular formula is C15H13Cl3FNO. The largest absolute Gasteiger partial charge is 0.482 e. The molecule has 0 aliphatic rings. The zero-order chi connectivity index (χ0) is 15.6. The van der Waals surface area contributed by atoms with Crippen LogP contribution in [0.4, 0.5) is 4.39 Å². The summed E-state index contributed by atoms with van der Waals surface area (Å²) in [6.07, 6.45) is -0.694. The summed E-state index contributed by atoms with van der Waals surface area (Å²) in [6.45, 7) is 1.72. The molecule has 2 rings (SSSR count). The zero-order valence-electron chi connectivity index (χ0n) is 11.1. The maximum Gasteiger partial charge on any atom is 0.141 e. The zero-order valence-corrected chi connectivity index (χ0v) is 13.4. The Morgan fingerprint density at radius 1 is 1.05 bits per heavy atom. The summed E-state index contributed by atoms with van der Waals surface area (Å²) in [5.74, 6) is -0.0902. The molecule has 0 aromatic heterocycles. The number of halogens is 4. The Morgan fingerprint density at radius 2 is 1.67 bits per heavy atom. The first kappa shape index (κ1) is 16.4. The van der Waals surface area contributed by atoms with Crippen molar-refractivity contribution in [1.82, 2.24) is 0 Å². The van der Waals surface area contributed by atoms with Crippen molar-refractivity contribution in [3.63, 3.8) is 0 Å². The molecule has 0 aliphatic carbocycles. The molecule has 6 heteroatoms. The first-order valence-electron chi connectivity index (χ1n) is 6.21. The second kappa shape index (κ2) is 6.84. The fraction of sp³-hybridized carbons (Fsp3) is 0.200. The molecule has 2 nitrogen and oxygen atoms in total. The number of hydrogen-bond acceptors (Lipinski definition) is 2. The summed E-state index contributed by atoms with van der Waals surface area (Å²) in [7, 11) is 0. The summed E-state index contributed by atoms with van der Waals surface area (Å²) in [5, 5.41) is 0.900. The molecule has 0 amide bonds. The number of benzene rings is 2. The Bertz CT molecular complexity index is 649. The van der Waals surface area contributed by atoms with Crippen LogP contribution >= 0.6 is 34.8 Å². The van der Waals surface area contributed by atoms with E-state index < -0.39 is 18.0 Å². The van der Waals surface area contributed by atoms with E-state index >= 15 is 0 Å². The van der Waals surface area contributed by atoms with E-state index in [-0.39, 0.29) is 5.02 Å². The van der Waals surface area contributed by atoms with Gasteiger partial charge in [-0.15, -0.1) is 0 Å². The van der Waals surface area contributed by atoms with Gasteiger partial charge in [-0.3, -0.25) is 0 Å². The predicted molar refractivity (Wildman–Crippen MR) is 84.9 cm³/mol. The van der Waals surface area contributed by atoms with Crippen molar-refractivity contribution >= 4 is 34.8 Å². The van der Waals surface area contributed by atoms with Gasteiger partial charge in [0.1, 0.15) is 17.7 Å². The van der Waals surface area contributed by atoms with Crippen molar-refractivity contribution in [1.29, 1.82) is 0 Å². The van der Waals surface area contributed by atoms with Gasteiger partial charge in [0.25, 0.3) is 0 Å². The molecule has 0 bridgehead atoms. The van der Waals surface area contributed by atoms with Crippen LogP contribution in [-0.2, 0) is 0 Å². The molecule has 2 aromatic carbocycles. The second-order valence-electron chi connectivity index (χ2n) is 4.62. The normalized spacial score (nSPS) is 13.8. The maximum atomic E-state index is 13.9. The van der Waals surface area contributed by atoms with Crippen molar-refractivity contribution in [2.45, 2.75) is 19.1 Å². The lowest BCUT2D eigenvalue weighted by molar-refractivity contribution is 0.176. The van der Waals surface area contributed by atoms with Gasteiger partial charge >= 0.3 is 0 Å². The van der Waals surface area contributed by atoms with E-state index in [0.29, 0.717) is 21.4 Å². The molecule has 0 fully saturated rings. The summed E-state index contributed by atoms with van der Waals surface area (Å²) in [5.41, 5.74) is 6.27. The minimum Gasteiger partial charge on any atom is -0.482 e. The Labute approximate surface area is 137 Å². The first-order valence-corrected chi connectivity index (χ1v) is 7.34. The van der Waals surface area contributed by atoms with E-state index in [2.05, 4.69) is 0 Å². The standard InChI is InChI=1S/C15H13Cl3FNO/c1-8(20)15(9-4-2-3-5-13(9)19)21-14-7-11(17)10(16)6-12(14)18/h2-8,15H,20H2,1H3. The third kappa shape index (κ3) is 3.80. The Balaban J connectivity index is 2.38. The molecule has 21 heavy (non-hydrogen) atoms. The van der Waals surface area contributed by atoms with Crippen LogP contribution in [0.3, 0.4) is 0 Å². The average molecular weight is 349 g/mol. The first-order chi connectivity index (χ1) is 9.90. The highest BCUT2D eigenvalue weighted by atomic mass is 35.5. The lowest BCUT2D eigenvalue weighted by Crippen LogP contribution is -2.29. The van der Waals surface area contributed by atoms with Gasteiger partial charge in [-0.1, -0.05) is 53.0 Å². The summed E-state index contributed by atoms with van der Waals surface area (Å²) < 4.78 is 19.7. The van der Waals surface area contributed by atoms with Crippen molar-refractivity contribution in [3.05, 3.63) is 62.8 Å². The van der Waals surface area contributed by atoms with E-state index in [4.69, 9.17) is 45.3 Å². The molecule has 2 unspecified atom stereocenters. The molecule has 2 atom stereocenters. The van der Waals surface area contributed by atoms with Gasteiger partial charge in [0, 0.05) is 17.7 Å². The van der Waals surface area contributed by atoms with E-state index in [1.807, 2.05) is 0 Å². The molecular weight excluding hydrogens is 336 g/mol. The van der Waals surface area contributed by atoms with Gasteiger partial charge in [-0.05, 0) is 19.1 Å². The Hall–Kier alpha value is -1.00. The van der Waals surface area contributed by atoms with Crippen LogP contribution in [0.25, 0.3) is 0 Å². The highest BCUT2D eigenvalue weighted by Gasteiger charge is 2.23. The molecule has 0 aliphatic heterocycles. The van der Waals surface area contributed by atoms with Gasteiger partial charge in [-0.2, -0.15) is 0 Å². The number of rotatable bonds is 4. The fourth-order valence-electron chi connectivity index (χ4n) is 1.89. The van der Waals surface area contributed by atoms with Crippen LogP contribution in [0.15, 0.2) is 36.4 Å². The Morgan fingerprint density at radius 3 is 2.29 bits per heavy atom. The highest BCUT2D eigenvalue weighted by Crippen LogP contribution is 2.37. The van der Waals surface area contributed by atoms with Gasteiger partial charge < -0.3 is 10.5 Å². The van der Waals surface area contributed by atoms with E-state index in [9.17, 15) is 4.39 Å². The number of hydrogen-bond donors (Lipinski definition) is 1. The maximum absolute atomic E-state index is 13.9. The monoisotopic (exact) mass is 347 g/mol. The molecule has 0 saturated carbocycles. The lowest BCUT2D eigenvalue weighted by Gasteiger charge is -2.24. The van der Waals surface area contributed by atoms with Crippen molar-refractivity contribution in [3.8, 4) is 5.75 Å². The molecule has 0 saturated heterocycles. The van der Waals surface area contributed by atoms with Gasteiger partial charge in [0.15, 0.2) is 0 Å². The molecule has 0 heterocycles. The highest BCUT2D eigenvalue weighted by molar-refractivity contribution is 6.43. The molecule has 2 N–H and O–H groups in total. The molecule has 2 aromatic rings. The predicted octanol–water partition coefficient (Wildman–Crippen LogP) is 5.25. The van der Waals surface area contributed by atoms with E-state index in [1.54, 1.807) is 25.1 Å². The third-order valence-corrected chi connectivity index (χ3v) is 3.94. The minimum absolute atomic E-state index is 0.284. The molecule has 112 valence electrons. The van der Waals surface area contributed by atoms with Crippen molar-refractivity contribution < 1.29 is 9.13 Å². The van der Waals surface area contributed by atoms with Gasteiger partial charge in [0.2, 0.25) is 0 Å². The van der Waals surface area contributed by atoms with Crippen LogP contribution < -0.4 is 10.5 Å². The van der Waals surface area contributed by atoms with Crippen LogP contribution in [0, 0.1) is 5.82 Å². The van der Waals surface area contributed by atoms with Gasteiger partial charge in [0.05, 0.1) is 15.1 Å². The fourth-order valence-corrected chi connectivity index (χ4v) is 2.47. The quantitative estimate of drug-likeness (QED) is 0.766. The number of nitrogens with two attached hydrogens (primary N) is 1. The van der Waals surface area contributed by atoms with Crippen molar-refractivity contribution in [2.75, 3.05) is 0 Å². The van der Waals surface area contributed by atoms with Crippen molar-refractivity contribution in [2.24, 2.45) is 5.73 Å². The van der Waals surface area contributed by atoms with Crippen LogP contribution in [-0.4, -0.2) is 6.04 Å². The molecule has 0 spiro atoms. The second-order valence-corrected chi connectivity index (χ2v) is 5.84. The van der Waals surface area contributed by atoms with E-state index in [1.165, 1.54) is 18.2 Å². The number of ether oxygens (including phenoxy) is 1. The Kier molecular flexibility index (Phi) is 5.33. The van der Waals surface area contributed by atoms with Gasteiger partial charge in [-0.25, -0.2) is 4.39 Å².